The van der Waals surface area contributed by atoms with Gasteiger partial charge < -0.3 is 10.6 Å². The maximum Gasteiger partial charge on any atom is 0.00226 e. The lowest BCUT2D eigenvalue weighted by molar-refractivity contribution is 0.324. The van der Waals surface area contributed by atoms with Crippen molar-refractivity contribution in [2.45, 2.75) is 25.8 Å². The van der Waals surface area contributed by atoms with Gasteiger partial charge in [-0.2, -0.15) is 0 Å². The van der Waals surface area contributed by atoms with Crippen LogP contribution >= 0.6 is 0 Å². The van der Waals surface area contributed by atoms with Crippen molar-refractivity contribution < 1.29 is 0 Å². The van der Waals surface area contributed by atoms with Gasteiger partial charge >= 0.3 is 0 Å². The van der Waals surface area contributed by atoms with Gasteiger partial charge in [-0.1, -0.05) is 42.5 Å². The fourth-order valence-corrected chi connectivity index (χ4v) is 2.25. The average Bonchev–Trinajstić information content (AvgIpc) is 2.42. The van der Waals surface area contributed by atoms with E-state index in [1.54, 1.807) is 0 Å². The van der Waals surface area contributed by atoms with E-state index in [-0.39, 0.29) is 0 Å². The molecule has 0 radical (unpaired) electrons. The van der Waals surface area contributed by atoms with Crippen LogP contribution in [0.2, 0.25) is 0 Å². The number of benzene rings is 2. The Morgan fingerprint density at radius 3 is 2.53 bits per heavy atom. The molecule has 0 saturated carbocycles. The van der Waals surface area contributed by atoms with E-state index in [0.717, 1.165) is 25.9 Å². The largest absolute Gasteiger partial charge is 0.328 e. The second-order valence-corrected chi connectivity index (χ2v) is 5.50. The van der Waals surface area contributed by atoms with Gasteiger partial charge in [0.05, 0.1) is 0 Å². The first-order chi connectivity index (χ1) is 9.15. The highest BCUT2D eigenvalue weighted by Crippen LogP contribution is 2.16. The quantitative estimate of drug-likeness (QED) is 0.860. The summed E-state index contributed by atoms with van der Waals surface area (Å²) >= 11 is 0. The molecule has 1 atom stereocenters. The molecule has 2 nitrogen and oxygen atoms in total. The standard InChI is InChI=1S/C17H24N2/c1-14(18)9-11-19(2)12-10-15-7-8-16-5-3-4-6-17(16)13-15/h3-8,13-14H,9-12,18H2,1-2H3. The Hall–Kier alpha value is -1.38. The van der Waals surface area contributed by atoms with Crippen LogP contribution in [-0.4, -0.2) is 31.1 Å². The second kappa shape index (κ2) is 6.69. The normalized spacial score (nSPS) is 13.1. The fourth-order valence-electron chi connectivity index (χ4n) is 2.25. The molecule has 0 aliphatic carbocycles. The molecular formula is C17H24N2. The van der Waals surface area contributed by atoms with Gasteiger partial charge in [-0.15, -0.1) is 0 Å². The Kier molecular flexibility index (Phi) is 4.94. The summed E-state index contributed by atoms with van der Waals surface area (Å²) in [4.78, 5) is 2.36. The molecule has 2 N–H and O–H groups in total. The highest BCUT2D eigenvalue weighted by molar-refractivity contribution is 5.82. The summed E-state index contributed by atoms with van der Waals surface area (Å²) in [5, 5.41) is 2.65. The summed E-state index contributed by atoms with van der Waals surface area (Å²) < 4.78 is 0. The summed E-state index contributed by atoms with van der Waals surface area (Å²) in [7, 11) is 2.17. The molecule has 2 heteroatoms. The van der Waals surface area contributed by atoms with Crippen molar-refractivity contribution in [3.63, 3.8) is 0 Å². The van der Waals surface area contributed by atoms with E-state index in [1.807, 2.05) is 0 Å². The molecule has 0 heterocycles. The fraction of sp³-hybridized carbons (Fsp3) is 0.412. The van der Waals surface area contributed by atoms with Crippen LogP contribution in [-0.2, 0) is 6.42 Å². The van der Waals surface area contributed by atoms with E-state index in [1.165, 1.54) is 16.3 Å². The first kappa shape index (κ1) is 14.0. The molecule has 0 aliphatic rings. The molecule has 2 rings (SSSR count). The van der Waals surface area contributed by atoms with Crippen LogP contribution in [0.15, 0.2) is 42.5 Å². The zero-order valence-electron chi connectivity index (χ0n) is 12.0. The number of nitrogens with two attached hydrogens (primary N) is 1. The molecule has 0 aromatic heterocycles. The Morgan fingerprint density at radius 2 is 1.79 bits per heavy atom. The summed E-state index contributed by atoms with van der Waals surface area (Å²) in [6.07, 6.45) is 2.16. The number of hydrogen-bond donors (Lipinski definition) is 1. The Labute approximate surface area is 116 Å². The lowest BCUT2D eigenvalue weighted by atomic mass is 10.0. The molecular weight excluding hydrogens is 232 g/mol. The Bertz CT molecular complexity index is 519. The minimum absolute atomic E-state index is 0.295. The number of nitrogens with zero attached hydrogens (tertiary/aromatic N) is 1. The van der Waals surface area contributed by atoms with E-state index in [9.17, 15) is 0 Å². The number of hydrogen-bond acceptors (Lipinski definition) is 2. The molecule has 0 saturated heterocycles. The van der Waals surface area contributed by atoms with E-state index < -0.39 is 0 Å². The van der Waals surface area contributed by atoms with Crippen LogP contribution in [0.5, 0.6) is 0 Å². The first-order valence-corrected chi connectivity index (χ1v) is 7.07. The van der Waals surface area contributed by atoms with Gasteiger partial charge in [0.1, 0.15) is 0 Å². The summed E-state index contributed by atoms with van der Waals surface area (Å²) in [6, 6.07) is 15.6. The van der Waals surface area contributed by atoms with E-state index in [0.29, 0.717) is 6.04 Å². The topological polar surface area (TPSA) is 29.3 Å². The number of rotatable bonds is 6. The molecule has 1 unspecified atom stereocenters. The van der Waals surface area contributed by atoms with Crippen molar-refractivity contribution in [3.8, 4) is 0 Å². The van der Waals surface area contributed by atoms with Crippen LogP contribution in [0, 0.1) is 0 Å². The summed E-state index contributed by atoms with van der Waals surface area (Å²) in [5.41, 5.74) is 7.19. The number of fused-ring (bicyclic) bond motifs is 1. The molecule has 0 aliphatic heterocycles. The molecule has 19 heavy (non-hydrogen) atoms. The lowest BCUT2D eigenvalue weighted by Crippen LogP contribution is -2.27. The molecule has 0 bridgehead atoms. The average molecular weight is 256 g/mol. The summed E-state index contributed by atoms with van der Waals surface area (Å²) in [5.74, 6) is 0. The van der Waals surface area contributed by atoms with Crippen LogP contribution in [0.4, 0.5) is 0 Å². The van der Waals surface area contributed by atoms with E-state index >= 15 is 0 Å². The van der Waals surface area contributed by atoms with Gasteiger partial charge in [-0.05, 0) is 49.7 Å². The van der Waals surface area contributed by atoms with Crippen molar-refractivity contribution >= 4 is 10.8 Å². The smallest absolute Gasteiger partial charge is 0.00226 e. The van der Waals surface area contributed by atoms with Crippen LogP contribution in [0.1, 0.15) is 18.9 Å². The molecule has 0 spiro atoms. The maximum absolute atomic E-state index is 5.78. The van der Waals surface area contributed by atoms with Crippen molar-refractivity contribution in [2.24, 2.45) is 5.73 Å². The van der Waals surface area contributed by atoms with Crippen LogP contribution in [0.3, 0.4) is 0 Å². The third kappa shape index (κ3) is 4.34. The molecule has 0 amide bonds. The predicted molar refractivity (Wildman–Crippen MR) is 83.4 cm³/mol. The minimum Gasteiger partial charge on any atom is -0.328 e. The second-order valence-electron chi connectivity index (χ2n) is 5.50. The molecule has 2 aromatic rings. The Balaban J connectivity index is 1.90. The number of likely N-dealkylation sites (N-methyl/N-ethyl adjacent to an activating group) is 1. The third-order valence-electron chi connectivity index (χ3n) is 3.56. The third-order valence-corrected chi connectivity index (χ3v) is 3.56. The lowest BCUT2D eigenvalue weighted by Gasteiger charge is -2.17. The van der Waals surface area contributed by atoms with E-state index in [4.69, 9.17) is 5.73 Å². The van der Waals surface area contributed by atoms with Crippen molar-refractivity contribution in [1.29, 1.82) is 0 Å². The maximum atomic E-state index is 5.78. The zero-order valence-corrected chi connectivity index (χ0v) is 12.0. The SMILES string of the molecule is CC(N)CCN(C)CCc1ccc2ccccc2c1. The minimum atomic E-state index is 0.295. The van der Waals surface area contributed by atoms with E-state index in [2.05, 4.69) is 61.3 Å². The van der Waals surface area contributed by atoms with Gasteiger partial charge in [0.25, 0.3) is 0 Å². The molecule has 102 valence electrons. The van der Waals surface area contributed by atoms with Gasteiger partial charge in [0.2, 0.25) is 0 Å². The monoisotopic (exact) mass is 256 g/mol. The van der Waals surface area contributed by atoms with Crippen molar-refractivity contribution in [1.82, 2.24) is 4.90 Å². The molecule has 0 fully saturated rings. The highest BCUT2D eigenvalue weighted by Gasteiger charge is 2.02. The molecule has 2 aromatic carbocycles. The van der Waals surface area contributed by atoms with Gasteiger partial charge in [0, 0.05) is 12.6 Å². The van der Waals surface area contributed by atoms with Crippen molar-refractivity contribution in [2.75, 3.05) is 20.1 Å². The van der Waals surface area contributed by atoms with Crippen LogP contribution in [0.25, 0.3) is 10.8 Å². The van der Waals surface area contributed by atoms with Crippen molar-refractivity contribution in [3.05, 3.63) is 48.0 Å². The van der Waals surface area contributed by atoms with Crippen LogP contribution < -0.4 is 5.73 Å². The predicted octanol–water partition coefficient (Wildman–Crippen LogP) is 3.05. The van der Waals surface area contributed by atoms with Gasteiger partial charge in [0.15, 0.2) is 0 Å². The zero-order chi connectivity index (χ0) is 13.7. The summed E-state index contributed by atoms with van der Waals surface area (Å²) in [6.45, 7) is 4.23. The highest BCUT2D eigenvalue weighted by atomic mass is 15.1. The Morgan fingerprint density at radius 1 is 1.05 bits per heavy atom. The van der Waals surface area contributed by atoms with Gasteiger partial charge in [-0.3, -0.25) is 0 Å². The van der Waals surface area contributed by atoms with Gasteiger partial charge in [-0.25, -0.2) is 0 Å². The first-order valence-electron chi connectivity index (χ1n) is 7.07.